The van der Waals surface area contributed by atoms with Gasteiger partial charge in [-0.15, -0.1) is 0 Å². The lowest BCUT2D eigenvalue weighted by Gasteiger charge is -2.28. The third-order valence-corrected chi connectivity index (χ3v) is 6.06. The summed E-state index contributed by atoms with van der Waals surface area (Å²) < 4.78 is 27.1. The van der Waals surface area contributed by atoms with Gasteiger partial charge in [-0.3, -0.25) is 4.79 Å². The second kappa shape index (κ2) is 7.40. The van der Waals surface area contributed by atoms with Crippen molar-refractivity contribution in [2.24, 2.45) is 5.92 Å². The quantitative estimate of drug-likeness (QED) is 0.751. The van der Waals surface area contributed by atoms with Crippen LogP contribution >= 0.6 is 15.9 Å². The van der Waals surface area contributed by atoms with Crippen LogP contribution in [0.15, 0.2) is 46.9 Å². The molecule has 1 amide bonds. The highest BCUT2D eigenvalue weighted by atomic mass is 79.9. The molecule has 1 N–H and O–H groups in total. The van der Waals surface area contributed by atoms with Gasteiger partial charge in [-0.25, -0.2) is 12.7 Å². The summed E-state index contributed by atoms with van der Waals surface area (Å²) in [4.78, 5) is 12.2. The number of halogens is 1. The number of fused-ring (bicyclic) bond motifs is 1. The summed E-state index contributed by atoms with van der Waals surface area (Å²) in [5.41, 5.74) is 2.86. The van der Waals surface area contributed by atoms with Crippen LogP contribution in [0.4, 0.5) is 17.1 Å². The Kier molecular flexibility index (Phi) is 5.39. The fourth-order valence-corrected chi connectivity index (χ4v) is 4.55. The maximum Gasteiger partial charge on any atom is 0.236 e. The minimum Gasteiger partial charge on any atom is -0.326 e. The zero-order chi connectivity index (χ0) is 18.9. The van der Waals surface area contributed by atoms with Crippen molar-refractivity contribution in [3.63, 3.8) is 0 Å². The van der Waals surface area contributed by atoms with E-state index in [1.165, 1.54) is 10.6 Å². The summed E-state index contributed by atoms with van der Waals surface area (Å²) >= 11 is 3.37. The van der Waals surface area contributed by atoms with Gasteiger partial charge in [0.15, 0.2) is 0 Å². The van der Waals surface area contributed by atoms with E-state index in [0.29, 0.717) is 17.8 Å². The number of amides is 1. The molecule has 2 aromatic rings. The van der Waals surface area contributed by atoms with Crippen LogP contribution in [-0.4, -0.2) is 20.6 Å². The summed E-state index contributed by atoms with van der Waals surface area (Å²) in [6, 6.07) is 12.5. The van der Waals surface area contributed by atoms with Gasteiger partial charge in [0.2, 0.25) is 15.9 Å². The van der Waals surface area contributed by atoms with Crippen molar-refractivity contribution in [2.75, 3.05) is 15.9 Å². The molecule has 7 heteroatoms. The Labute approximate surface area is 162 Å². The van der Waals surface area contributed by atoms with Gasteiger partial charge in [-0.1, -0.05) is 29.3 Å². The van der Waals surface area contributed by atoms with Crippen molar-refractivity contribution in [2.45, 2.75) is 26.2 Å². The average Bonchev–Trinajstić information content (AvgIpc) is 2.57. The van der Waals surface area contributed by atoms with E-state index in [9.17, 15) is 13.2 Å². The van der Waals surface area contributed by atoms with Crippen LogP contribution < -0.4 is 9.62 Å². The summed E-state index contributed by atoms with van der Waals surface area (Å²) in [5, 5.41) is 2.93. The maximum atomic E-state index is 12.4. The minimum absolute atomic E-state index is 0.0416. The van der Waals surface area contributed by atoms with E-state index in [0.717, 1.165) is 28.6 Å². The Bertz CT molecular complexity index is 926. The fraction of sp³-hybridized carbons (Fsp3) is 0.316. The number of benzene rings is 2. The predicted octanol–water partition coefficient (Wildman–Crippen LogP) is 4.46. The van der Waals surface area contributed by atoms with E-state index in [1.54, 1.807) is 24.3 Å². The zero-order valence-corrected chi connectivity index (χ0v) is 17.1. The number of hydrogen-bond donors (Lipinski definition) is 1. The molecule has 0 saturated heterocycles. The third-order valence-electron chi connectivity index (χ3n) is 4.45. The molecule has 1 atom stereocenters. The standard InChI is InChI=1S/C19H21BrN2O3S/c1-3-4-13-11-14-12-17(9-10-18(14)21-19(13)23)22(26(2,24)25)16-7-5-15(20)6-8-16/h5-10,12-13H,3-4,11H2,1-2H3,(H,21,23). The van der Waals surface area contributed by atoms with E-state index in [-0.39, 0.29) is 11.8 Å². The van der Waals surface area contributed by atoms with Crippen LogP contribution in [0.2, 0.25) is 0 Å². The van der Waals surface area contributed by atoms with Gasteiger partial charge < -0.3 is 5.32 Å². The van der Waals surface area contributed by atoms with Crippen LogP contribution in [0, 0.1) is 5.92 Å². The summed E-state index contributed by atoms with van der Waals surface area (Å²) in [6.07, 6.45) is 3.57. The number of hydrogen-bond acceptors (Lipinski definition) is 3. The van der Waals surface area contributed by atoms with Gasteiger partial charge in [-0.05, 0) is 60.9 Å². The summed E-state index contributed by atoms with van der Waals surface area (Å²) in [6.45, 7) is 2.05. The van der Waals surface area contributed by atoms with E-state index in [1.807, 2.05) is 18.2 Å². The SMILES string of the molecule is CCCC1Cc2cc(N(c3ccc(Br)cc3)S(C)(=O)=O)ccc2NC1=O. The van der Waals surface area contributed by atoms with E-state index < -0.39 is 10.0 Å². The Morgan fingerprint density at radius 3 is 2.42 bits per heavy atom. The molecule has 0 saturated carbocycles. The number of nitrogens with zero attached hydrogens (tertiary/aromatic N) is 1. The first kappa shape index (κ1) is 18.9. The molecule has 0 spiro atoms. The van der Waals surface area contributed by atoms with Crippen LogP contribution in [0.1, 0.15) is 25.3 Å². The van der Waals surface area contributed by atoms with Gasteiger partial charge in [0.05, 0.1) is 17.6 Å². The third kappa shape index (κ3) is 3.94. The first-order valence-electron chi connectivity index (χ1n) is 8.49. The molecule has 0 aliphatic carbocycles. The first-order valence-corrected chi connectivity index (χ1v) is 11.1. The van der Waals surface area contributed by atoms with Crippen LogP contribution in [0.3, 0.4) is 0 Å². The lowest BCUT2D eigenvalue weighted by atomic mass is 9.89. The molecule has 2 aromatic carbocycles. The Morgan fingerprint density at radius 1 is 1.15 bits per heavy atom. The number of sulfonamides is 1. The molecule has 1 unspecified atom stereocenters. The van der Waals surface area contributed by atoms with Gasteiger partial charge in [0, 0.05) is 16.1 Å². The van der Waals surface area contributed by atoms with E-state index in [4.69, 9.17) is 0 Å². The molecule has 0 bridgehead atoms. The monoisotopic (exact) mass is 436 g/mol. The highest BCUT2D eigenvalue weighted by Crippen LogP contribution is 2.35. The normalized spacial score (nSPS) is 16.7. The number of rotatable bonds is 5. The topological polar surface area (TPSA) is 66.5 Å². The Morgan fingerprint density at radius 2 is 1.81 bits per heavy atom. The minimum atomic E-state index is -3.51. The summed E-state index contributed by atoms with van der Waals surface area (Å²) in [5.74, 6) is -0.0258. The second-order valence-electron chi connectivity index (χ2n) is 6.52. The molecule has 1 aliphatic rings. The number of carbonyl (C=O) groups is 1. The second-order valence-corrected chi connectivity index (χ2v) is 9.27. The molecule has 138 valence electrons. The lowest BCUT2D eigenvalue weighted by molar-refractivity contribution is -0.120. The van der Waals surface area contributed by atoms with Gasteiger partial charge in [-0.2, -0.15) is 0 Å². The van der Waals surface area contributed by atoms with Crippen LogP contribution in [0.5, 0.6) is 0 Å². The van der Waals surface area contributed by atoms with Gasteiger partial charge >= 0.3 is 0 Å². The predicted molar refractivity (Wildman–Crippen MR) is 108 cm³/mol. The Hall–Kier alpha value is -1.86. The van der Waals surface area contributed by atoms with Crippen molar-refractivity contribution in [1.82, 2.24) is 0 Å². The Balaban J connectivity index is 2.03. The van der Waals surface area contributed by atoms with Crippen molar-refractivity contribution in [3.05, 3.63) is 52.5 Å². The maximum absolute atomic E-state index is 12.4. The highest BCUT2D eigenvalue weighted by molar-refractivity contribution is 9.10. The zero-order valence-electron chi connectivity index (χ0n) is 14.7. The van der Waals surface area contributed by atoms with Crippen molar-refractivity contribution >= 4 is 48.9 Å². The van der Waals surface area contributed by atoms with Gasteiger partial charge in [0.1, 0.15) is 0 Å². The molecular weight excluding hydrogens is 416 g/mol. The number of nitrogens with one attached hydrogen (secondary N) is 1. The highest BCUT2D eigenvalue weighted by Gasteiger charge is 2.27. The molecule has 0 radical (unpaired) electrons. The molecule has 3 rings (SSSR count). The van der Waals surface area contributed by atoms with Crippen LogP contribution in [0.25, 0.3) is 0 Å². The molecule has 1 aliphatic heterocycles. The van der Waals surface area contributed by atoms with Gasteiger partial charge in [0.25, 0.3) is 0 Å². The molecule has 0 aromatic heterocycles. The van der Waals surface area contributed by atoms with Crippen molar-refractivity contribution < 1.29 is 13.2 Å². The molecule has 1 heterocycles. The van der Waals surface area contributed by atoms with Crippen molar-refractivity contribution in [3.8, 4) is 0 Å². The van der Waals surface area contributed by atoms with Crippen LogP contribution in [-0.2, 0) is 21.2 Å². The molecule has 0 fully saturated rings. The molecule has 26 heavy (non-hydrogen) atoms. The average molecular weight is 437 g/mol. The number of carbonyl (C=O) groups excluding carboxylic acids is 1. The van der Waals surface area contributed by atoms with E-state index in [2.05, 4.69) is 28.2 Å². The number of anilines is 3. The smallest absolute Gasteiger partial charge is 0.236 e. The fourth-order valence-electron chi connectivity index (χ4n) is 3.28. The van der Waals surface area contributed by atoms with Crippen molar-refractivity contribution in [1.29, 1.82) is 0 Å². The summed E-state index contributed by atoms with van der Waals surface area (Å²) in [7, 11) is -3.51. The molecule has 5 nitrogen and oxygen atoms in total. The lowest BCUT2D eigenvalue weighted by Crippen LogP contribution is -2.30. The largest absolute Gasteiger partial charge is 0.326 e. The molecular formula is C19H21BrN2O3S. The van der Waals surface area contributed by atoms with E-state index >= 15 is 0 Å². The first-order chi connectivity index (χ1) is 12.3.